The molecule has 0 saturated carbocycles. The molecule has 3 heterocycles. The van der Waals surface area contributed by atoms with Gasteiger partial charge in [-0.3, -0.25) is 24.4 Å². The van der Waals surface area contributed by atoms with Crippen molar-refractivity contribution in [3.63, 3.8) is 0 Å². The zero-order valence-electron chi connectivity index (χ0n) is 15.2. The van der Waals surface area contributed by atoms with Gasteiger partial charge in [-0.05, 0) is 38.1 Å². The van der Waals surface area contributed by atoms with Crippen LogP contribution in [0, 0.1) is 24.0 Å². The standard InChI is InChI=1S/C17H21N5O4S/c1-11-16(22(25)26)12(2)21(19-11)9-15(23)20-6-3-14(4-7-20)18-17(24)13-5-8-27-10-13/h5,8,10,14H,3-4,6-7,9H2,1-2H3,(H,18,24). The van der Waals surface area contributed by atoms with Crippen molar-refractivity contribution >= 4 is 28.8 Å². The molecular weight excluding hydrogens is 370 g/mol. The number of piperidine rings is 1. The number of thiophene rings is 1. The van der Waals surface area contributed by atoms with Gasteiger partial charge in [0.1, 0.15) is 17.9 Å². The lowest BCUT2D eigenvalue weighted by Crippen LogP contribution is -2.47. The summed E-state index contributed by atoms with van der Waals surface area (Å²) in [4.78, 5) is 37.0. The molecule has 0 aromatic carbocycles. The summed E-state index contributed by atoms with van der Waals surface area (Å²) >= 11 is 1.48. The topological polar surface area (TPSA) is 110 Å². The van der Waals surface area contributed by atoms with Crippen LogP contribution in [0.3, 0.4) is 0 Å². The second-order valence-corrected chi connectivity index (χ2v) is 7.35. The number of nitrogens with one attached hydrogen (secondary N) is 1. The number of hydrogen-bond donors (Lipinski definition) is 1. The number of carbonyl (C=O) groups is 2. The van der Waals surface area contributed by atoms with Crippen LogP contribution in [-0.2, 0) is 11.3 Å². The molecule has 0 unspecified atom stereocenters. The fourth-order valence-corrected chi connectivity index (χ4v) is 3.91. The minimum Gasteiger partial charge on any atom is -0.349 e. The zero-order valence-corrected chi connectivity index (χ0v) is 16.0. The van der Waals surface area contributed by atoms with Crippen molar-refractivity contribution in [3.05, 3.63) is 43.9 Å². The van der Waals surface area contributed by atoms with Crippen LogP contribution in [0.1, 0.15) is 34.6 Å². The number of rotatable bonds is 5. The van der Waals surface area contributed by atoms with Crippen LogP contribution in [0.5, 0.6) is 0 Å². The fourth-order valence-electron chi connectivity index (χ4n) is 3.27. The molecule has 2 amide bonds. The first kappa shape index (κ1) is 19.0. The van der Waals surface area contributed by atoms with Gasteiger partial charge < -0.3 is 10.2 Å². The normalized spacial score (nSPS) is 15.0. The molecule has 1 aliphatic rings. The van der Waals surface area contributed by atoms with E-state index in [9.17, 15) is 19.7 Å². The summed E-state index contributed by atoms with van der Waals surface area (Å²) in [6.45, 7) is 4.21. The Labute approximate surface area is 160 Å². The van der Waals surface area contributed by atoms with Gasteiger partial charge >= 0.3 is 5.69 Å². The Morgan fingerprint density at radius 3 is 2.63 bits per heavy atom. The third-order valence-corrected chi connectivity index (χ3v) is 5.46. The molecule has 2 aromatic heterocycles. The summed E-state index contributed by atoms with van der Waals surface area (Å²) in [6, 6.07) is 1.82. The first-order valence-electron chi connectivity index (χ1n) is 8.66. The van der Waals surface area contributed by atoms with Crippen LogP contribution < -0.4 is 5.32 Å². The number of nitrogens with zero attached hydrogens (tertiary/aromatic N) is 4. The number of aromatic nitrogens is 2. The highest BCUT2D eigenvalue weighted by Crippen LogP contribution is 2.22. The van der Waals surface area contributed by atoms with Crippen LogP contribution in [0.4, 0.5) is 5.69 Å². The Morgan fingerprint density at radius 1 is 1.37 bits per heavy atom. The van der Waals surface area contributed by atoms with E-state index in [1.165, 1.54) is 16.0 Å². The molecule has 0 aliphatic carbocycles. The van der Waals surface area contributed by atoms with Crippen LogP contribution in [0.2, 0.25) is 0 Å². The highest BCUT2D eigenvalue weighted by atomic mass is 32.1. The van der Waals surface area contributed by atoms with Crippen molar-refractivity contribution in [2.75, 3.05) is 13.1 Å². The summed E-state index contributed by atoms with van der Waals surface area (Å²) in [5.41, 5.74) is 1.30. The maximum Gasteiger partial charge on any atom is 0.312 e. The van der Waals surface area contributed by atoms with E-state index in [1.807, 2.05) is 10.8 Å². The molecule has 144 valence electrons. The molecule has 27 heavy (non-hydrogen) atoms. The quantitative estimate of drug-likeness (QED) is 0.618. The van der Waals surface area contributed by atoms with Gasteiger partial charge in [0.15, 0.2) is 0 Å². The Kier molecular flexibility index (Phi) is 5.54. The van der Waals surface area contributed by atoms with E-state index in [0.717, 1.165) is 0 Å². The van der Waals surface area contributed by atoms with Gasteiger partial charge in [0.2, 0.25) is 5.91 Å². The van der Waals surface area contributed by atoms with Crippen LogP contribution in [0.25, 0.3) is 0 Å². The van der Waals surface area contributed by atoms with E-state index in [-0.39, 0.29) is 30.1 Å². The van der Waals surface area contributed by atoms with Crippen molar-refractivity contribution in [2.24, 2.45) is 0 Å². The molecule has 9 nitrogen and oxygen atoms in total. The van der Waals surface area contributed by atoms with E-state index in [0.29, 0.717) is 42.9 Å². The monoisotopic (exact) mass is 391 g/mol. The number of likely N-dealkylation sites (tertiary alicyclic amines) is 1. The SMILES string of the molecule is Cc1nn(CC(=O)N2CCC(NC(=O)c3ccsc3)CC2)c(C)c1[N+](=O)[O-]. The summed E-state index contributed by atoms with van der Waals surface area (Å²) < 4.78 is 1.39. The Balaban J connectivity index is 1.54. The first-order chi connectivity index (χ1) is 12.9. The largest absolute Gasteiger partial charge is 0.349 e. The third-order valence-electron chi connectivity index (χ3n) is 4.78. The predicted molar refractivity (Wildman–Crippen MR) is 99.7 cm³/mol. The van der Waals surface area contributed by atoms with E-state index in [4.69, 9.17) is 0 Å². The van der Waals surface area contributed by atoms with Gasteiger partial charge in [-0.1, -0.05) is 0 Å². The second-order valence-electron chi connectivity index (χ2n) is 6.57. The van der Waals surface area contributed by atoms with Gasteiger partial charge in [0, 0.05) is 30.1 Å². The Morgan fingerprint density at radius 2 is 2.07 bits per heavy atom. The average molecular weight is 391 g/mol. The molecule has 2 aromatic rings. The predicted octanol–water partition coefficient (Wildman–Crippen LogP) is 1.89. The van der Waals surface area contributed by atoms with Crippen molar-refractivity contribution in [2.45, 2.75) is 39.3 Å². The molecule has 0 bridgehead atoms. The maximum absolute atomic E-state index is 12.5. The fraction of sp³-hybridized carbons (Fsp3) is 0.471. The smallest absolute Gasteiger partial charge is 0.312 e. The lowest BCUT2D eigenvalue weighted by atomic mass is 10.0. The number of aryl methyl sites for hydroxylation is 1. The maximum atomic E-state index is 12.5. The molecule has 1 aliphatic heterocycles. The highest BCUT2D eigenvalue weighted by molar-refractivity contribution is 7.08. The van der Waals surface area contributed by atoms with Crippen LogP contribution in [-0.4, -0.2) is 50.5 Å². The average Bonchev–Trinajstić information content (AvgIpc) is 3.24. The number of carbonyl (C=O) groups excluding carboxylic acids is 2. The molecular formula is C17H21N5O4S. The number of nitro groups is 1. The summed E-state index contributed by atoms with van der Waals surface area (Å²) in [5.74, 6) is -0.214. The number of amides is 2. The molecule has 0 spiro atoms. The second kappa shape index (κ2) is 7.87. The highest BCUT2D eigenvalue weighted by Gasteiger charge is 2.27. The molecule has 1 N–H and O–H groups in total. The van der Waals surface area contributed by atoms with Crippen molar-refractivity contribution < 1.29 is 14.5 Å². The minimum absolute atomic E-state index is 0.0214. The van der Waals surface area contributed by atoms with Crippen molar-refractivity contribution in [1.29, 1.82) is 0 Å². The lowest BCUT2D eigenvalue weighted by molar-refractivity contribution is -0.386. The molecule has 3 rings (SSSR count). The lowest BCUT2D eigenvalue weighted by Gasteiger charge is -2.32. The molecule has 10 heteroatoms. The zero-order chi connectivity index (χ0) is 19.6. The molecule has 1 fully saturated rings. The minimum atomic E-state index is -0.472. The van der Waals surface area contributed by atoms with E-state index >= 15 is 0 Å². The van der Waals surface area contributed by atoms with E-state index < -0.39 is 4.92 Å². The number of hydrogen-bond acceptors (Lipinski definition) is 6. The third kappa shape index (κ3) is 4.16. The first-order valence-corrected chi connectivity index (χ1v) is 9.60. The van der Waals surface area contributed by atoms with Gasteiger partial charge in [-0.25, -0.2) is 0 Å². The van der Waals surface area contributed by atoms with Gasteiger partial charge in [0.05, 0.1) is 4.92 Å². The summed E-state index contributed by atoms with van der Waals surface area (Å²) in [5, 5.41) is 21.9. The molecule has 1 saturated heterocycles. The van der Waals surface area contributed by atoms with Crippen LogP contribution >= 0.6 is 11.3 Å². The van der Waals surface area contributed by atoms with Gasteiger partial charge in [-0.15, -0.1) is 0 Å². The Hall–Kier alpha value is -2.75. The molecule has 0 radical (unpaired) electrons. The summed E-state index contributed by atoms with van der Waals surface area (Å²) in [7, 11) is 0. The van der Waals surface area contributed by atoms with Crippen molar-refractivity contribution in [1.82, 2.24) is 20.0 Å². The van der Waals surface area contributed by atoms with E-state index in [2.05, 4.69) is 10.4 Å². The van der Waals surface area contributed by atoms with Gasteiger partial charge in [-0.2, -0.15) is 16.4 Å². The van der Waals surface area contributed by atoms with Crippen LogP contribution in [0.15, 0.2) is 16.8 Å². The van der Waals surface area contributed by atoms with E-state index in [1.54, 1.807) is 24.8 Å². The van der Waals surface area contributed by atoms with Gasteiger partial charge in [0.25, 0.3) is 5.91 Å². The Bertz CT molecular complexity index is 853. The van der Waals surface area contributed by atoms with Crippen molar-refractivity contribution in [3.8, 4) is 0 Å². The summed E-state index contributed by atoms with van der Waals surface area (Å²) in [6.07, 6.45) is 1.36. The molecule has 0 atom stereocenters.